The van der Waals surface area contributed by atoms with Gasteiger partial charge in [0.25, 0.3) is 15.9 Å². The third kappa shape index (κ3) is 6.21. The van der Waals surface area contributed by atoms with E-state index in [9.17, 15) is 18.0 Å². The Kier molecular flexibility index (Phi) is 7.11. The van der Waals surface area contributed by atoms with Crippen molar-refractivity contribution in [3.05, 3.63) is 89.7 Å². The number of rotatable bonds is 8. The van der Waals surface area contributed by atoms with E-state index in [1.165, 1.54) is 42.6 Å². The Labute approximate surface area is 180 Å². The summed E-state index contributed by atoms with van der Waals surface area (Å²) in [4.78, 5) is 28.0. The van der Waals surface area contributed by atoms with E-state index >= 15 is 0 Å². The summed E-state index contributed by atoms with van der Waals surface area (Å²) >= 11 is 0. The molecule has 0 atom stereocenters. The standard InChI is InChI=1S/C22H21N3O5S/c26-15-19-8-7-17(14-23-19)22(28)25-31(29,30)20-11-9-18(10-12-20)24-21(27)13-6-16-4-2-1-3-5-16/h1-5,7-12,14,26H,6,13,15H2,(H,24,27)(H,25,28). The van der Waals surface area contributed by atoms with E-state index in [1.807, 2.05) is 35.1 Å². The number of hydrogen-bond donors (Lipinski definition) is 3. The van der Waals surface area contributed by atoms with Crippen molar-refractivity contribution in [3.63, 3.8) is 0 Å². The second-order valence-electron chi connectivity index (χ2n) is 6.69. The average molecular weight is 439 g/mol. The van der Waals surface area contributed by atoms with E-state index in [-0.39, 0.29) is 23.0 Å². The molecule has 0 saturated heterocycles. The molecule has 31 heavy (non-hydrogen) atoms. The monoisotopic (exact) mass is 439 g/mol. The predicted molar refractivity (Wildman–Crippen MR) is 115 cm³/mol. The van der Waals surface area contributed by atoms with Gasteiger partial charge in [-0.2, -0.15) is 0 Å². The first kappa shape index (κ1) is 22.1. The first-order valence-electron chi connectivity index (χ1n) is 9.44. The fourth-order valence-corrected chi connectivity index (χ4v) is 3.71. The molecule has 3 N–H and O–H groups in total. The molecular weight excluding hydrogens is 418 g/mol. The van der Waals surface area contributed by atoms with Crippen LogP contribution in [0.5, 0.6) is 0 Å². The minimum absolute atomic E-state index is 0.0445. The molecule has 1 aromatic heterocycles. The Balaban J connectivity index is 1.58. The summed E-state index contributed by atoms with van der Waals surface area (Å²) < 4.78 is 26.9. The molecule has 9 heteroatoms. The van der Waals surface area contributed by atoms with Crippen molar-refractivity contribution >= 4 is 27.5 Å². The van der Waals surface area contributed by atoms with Gasteiger partial charge >= 0.3 is 0 Å². The number of aryl methyl sites for hydroxylation is 1. The number of carbonyl (C=O) groups excluding carboxylic acids is 2. The van der Waals surface area contributed by atoms with Crippen molar-refractivity contribution in [1.29, 1.82) is 0 Å². The van der Waals surface area contributed by atoms with Gasteiger partial charge < -0.3 is 10.4 Å². The Morgan fingerprint density at radius 2 is 1.65 bits per heavy atom. The number of pyridine rings is 1. The van der Waals surface area contributed by atoms with Crippen LogP contribution >= 0.6 is 0 Å². The van der Waals surface area contributed by atoms with Gasteiger partial charge in [-0.05, 0) is 48.4 Å². The molecule has 1 heterocycles. The van der Waals surface area contributed by atoms with Crippen molar-refractivity contribution in [3.8, 4) is 0 Å². The second kappa shape index (κ2) is 9.96. The molecule has 3 rings (SSSR count). The number of nitrogens with zero attached hydrogens (tertiary/aromatic N) is 1. The molecule has 2 aromatic carbocycles. The number of aliphatic hydroxyl groups excluding tert-OH is 1. The normalized spacial score (nSPS) is 11.0. The maximum atomic E-state index is 12.5. The van der Waals surface area contributed by atoms with Crippen LogP contribution in [-0.2, 0) is 27.8 Å². The third-order valence-electron chi connectivity index (χ3n) is 4.41. The number of benzene rings is 2. The van der Waals surface area contributed by atoms with Crippen molar-refractivity contribution in [2.75, 3.05) is 5.32 Å². The largest absolute Gasteiger partial charge is 0.390 e. The quantitative estimate of drug-likeness (QED) is 0.494. The van der Waals surface area contributed by atoms with Gasteiger partial charge in [0, 0.05) is 18.3 Å². The summed E-state index contributed by atoms with van der Waals surface area (Å²) in [6, 6.07) is 17.9. The van der Waals surface area contributed by atoms with Gasteiger partial charge in [-0.15, -0.1) is 0 Å². The zero-order valence-electron chi connectivity index (χ0n) is 16.5. The first-order valence-corrected chi connectivity index (χ1v) is 10.9. The van der Waals surface area contributed by atoms with Gasteiger partial charge in [0.2, 0.25) is 5.91 Å². The maximum absolute atomic E-state index is 12.5. The van der Waals surface area contributed by atoms with E-state index in [0.717, 1.165) is 5.56 Å². The Morgan fingerprint density at radius 1 is 0.935 bits per heavy atom. The van der Waals surface area contributed by atoms with E-state index < -0.39 is 15.9 Å². The van der Waals surface area contributed by atoms with Crippen LogP contribution < -0.4 is 10.0 Å². The van der Waals surface area contributed by atoms with Crippen LogP contribution in [-0.4, -0.2) is 30.3 Å². The number of aliphatic hydroxyl groups is 1. The van der Waals surface area contributed by atoms with E-state index in [0.29, 0.717) is 24.2 Å². The highest BCUT2D eigenvalue weighted by molar-refractivity contribution is 7.90. The molecule has 160 valence electrons. The number of nitrogens with one attached hydrogen (secondary N) is 2. The molecular formula is C22H21N3O5S. The molecule has 0 aliphatic rings. The molecule has 2 amide bonds. The van der Waals surface area contributed by atoms with Crippen molar-refractivity contribution in [2.24, 2.45) is 0 Å². The highest BCUT2D eigenvalue weighted by Gasteiger charge is 2.19. The molecule has 0 aliphatic heterocycles. The number of sulfonamides is 1. The number of aromatic nitrogens is 1. The fraction of sp³-hybridized carbons (Fsp3) is 0.136. The van der Waals surface area contributed by atoms with Crippen LogP contribution in [0.1, 0.15) is 28.0 Å². The van der Waals surface area contributed by atoms with Crippen LogP contribution in [0.2, 0.25) is 0 Å². The van der Waals surface area contributed by atoms with E-state index in [4.69, 9.17) is 5.11 Å². The highest BCUT2D eigenvalue weighted by atomic mass is 32.2. The molecule has 0 radical (unpaired) electrons. The topological polar surface area (TPSA) is 125 Å². The van der Waals surface area contributed by atoms with Crippen LogP contribution in [0.25, 0.3) is 0 Å². The minimum Gasteiger partial charge on any atom is -0.390 e. The first-order chi connectivity index (χ1) is 14.9. The van der Waals surface area contributed by atoms with Gasteiger partial charge in [0.15, 0.2) is 0 Å². The van der Waals surface area contributed by atoms with Crippen LogP contribution in [0.15, 0.2) is 77.8 Å². The van der Waals surface area contributed by atoms with Gasteiger partial charge in [-0.25, -0.2) is 13.1 Å². The summed E-state index contributed by atoms with van der Waals surface area (Å²) in [7, 11) is -4.10. The lowest BCUT2D eigenvalue weighted by Gasteiger charge is -2.09. The van der Waals surface area contributed by atoms with Crippen molar-refractivity contribution in [2.45, 2.75) is 24.3 Å². The zero-order valence-corrected chi connectivity index (χ0v) is 17.3. The molecule has 0 fully saturated rings. The van der Waals surface area contributed by atoms with Crippen molar-refractivity contribution < 1.29 is 23.1 Å². The lowest BCUT2D eigenvalue weighted by Crippen LogP contribution is -2.30. The molecule has 0 bridgehead atoms. The lowest BCUT2D eigenvalue weighted by atomic mass is 10.1. The molecule has 0 aliphatic carbocycles. The van der Waals surface area contributed by atoms with Gasteiger partial charge in [-0.1, -0.05) is 30.3 Å². The van der Waals surface area contributed by atoms with Crippen LogP contribution in [0, 0.1) is 0 Å². The highest BCUT2D eigenvalue weighted by Crippen LogP contribution is 2.15. The predicted octanol–water partition coefficient (Wildman–Crippen LogP) is 2.26. The third-order valence-corrected chi connectivity index (χ3v) is 5.75. The number of carbonyl (C=O) groups is 2. The summed E-state index contributed by atoms with van der Waals surface area (Å²) in [5.41, 5.74) is 1.91. The van der Waals surface area contributed by atoms with E-state index in [2.05, 4.69) is 10.3 Å². The summed E-state index contributed by atoms with van der Waals surface area (Å²) in [5, 5.41) is 11.7. The molecule has 3 aromatic rings. The Morgan fingerprint density at radius 3 is 2.26 bits per heavy atom. The van der Waals surface area contributed by atoms with Gasteiger partial charge in [0.1, 0.15) is 0 Å². The summed E-state index contributed by atoms with van der Waals surface area (Å²) in [6.07, 6.45) is 2.08. The number of anilines is 1. The Hall–Kier alpha value is -3.56. The minimum atomic E-state index is -4.10. The molecule has 0 saturated carbocycles. The summed E-state index contributed by atoms with van der Waals surface area (Å²) in [5.74, 6) is -1.03. The van der Waals surface area contributed by atoms with Gasteiger partial charge in [-0.3, -0.25) is 14.6 Å². The molecule has 8 nitrogen and oxygen atoms in total. The second-order valence-corrected chi connectivity index (χ2v) is 8.37. The zero-order chi connectivity index (χ0) is 22.3. The maximum Gasteiger partial charge on any atom is 0.266 e. The SMILES string of the molecule is O=C(CCc1ccccc1)Nc1ccc(S(=O)(=O)NC(=O)c2ccc(CO)nc2)cc1. The Bertz CT molecular complexity index is 1150. The summed E-state index contributed by atoms with van der Waals surface area (Å²) in [6.45, 7) is -0.282. The van der Waals surface area contributed by atoms with Gasteiger partial charge in [0.05, 0.1) is 22.8 Å². The van der Waals surface area contributed by atoms with Crippen molar-refractivity contribution in [1.82, 2.24) is 9.71 Å². The number of amides is 2. The molecule has 0 unspecified atom stereocenters. The van der Waals surface area contributed by atoms with E-state index in [1.54, 1.807) is 0 Å². The van der Waals surface area contributed by atoms with Crippen LogP contribution in [0.4, 0.5) is 5.69 Å². The van der Waals surface area contributed by atoms with Crippen LogP contribution in [0.3, 0.4) is 0 Å². The average Bonchev–Trinajstić information content (AvgIpc) is 2.78. The number of hydrogen-bond acceptors (Lipinski definition) is 6. The molecule has 0 spiro atoms. The fourth-order valence-electron chi connectivity index (χ4n) is 2.74. The smallest absolute Gasteiger partial charge is 0.266 e. The lowest BCUT2D eigenvalue weighted by molar-refractivity contribution is -0.116.